The van der Waals surface area contributed by atoms with Crippen LogP contribution in [0, 0.1) is 0 Å². The lowest BCUT2D eigenvalue weighted by Crippen LogP contribution is -1.83. The van der Waals surface area contributed by atoms with Crippen LogP contribution >= 0.6 is 0 Å². The third kappa shape index (κ3) is 37.4. The van der Waals surface area contributed by atoms with Gasteiger partial charge < -0.3 is 0 Å². The van der Waals surface area contributed by atoms with Gasteiger partial charge in [-0.25, -0.2) is 0 Å². The molecule has 0 nitrogen and oxygen atoms in total. The van der Waals surface area contributed by atoms with Gasteiger partial charge in [0.2, 0.25) is 0 Å². The van der Waals surface area contributed by atoms with Crippen LogP contribution in [0.4, 0.5) is 0 Å². The van der Waals surface area contributed by atoms with E-state index in [2.05, 4.69) is 27.4 Å². The van der Waals surface area contributed by atoms with Crippen molar-refractivity contribution in [2.75, 3.05) is 0 Å². The molecule has 0 saturated carbocycles. The minimum atomic E-state index is 1.20. The van der Waals surface area contributed by atoms with E-state index in [0.29, 0.717) is 0 Å². The van der Waals surface area contributed by atoms with Crippen molar-refractivity contribution < 1.29 is 0 Å². The molecule has 0 atom stereocenters. The molecule has 0 aliphatic heterocycles. The Labute approximate surface area is 200 Å². The molecule has 0 spiro atoms. The second-order valence-electron chi connectivity index (χ2n) is 9.86. The summed E-state index contributed by atoms with van der Waals surface area (Å²) in [5.41, 5.74) is 0. The molecule has 0 aromatic carbocycles. The molecule has 0 heterocycles. The van der Waals surface area contributed by atoms with Crippen molar-refractivity contribution in [3.05, 3.63) is 12.7 Å². The zero-order valence-corrected chi connectivity index (χ0v) is 22.7. The predicted octanol–water partition coefficient (Wildman–Crippen LogP) is 12.4. The van der Waals surface area contributed by atoms with E-state index in [1.165, 1.54) is 167 Å². The molecule has 0 saturated heterocycles. The van der Waals surface area contributed by atoms with Gasteiger partial charge in [0.1, 0.15) is 0 Å². The van der Waals surface area contributed by atoms with Gasteiger partial charge >= 0.3 is 0 Å². The lowest BCUT2D eigenvalue weighted by molar-refractivity contribution is 0.526. The molecule has 31 heavy (non-hydrogen) atoms. The number of allylic oxidation sites excluding steroid dienone is 1. The minimum absolute atomic E-state index is 1.20. The van der Waals surface area contributed by atoms with Crippen molar-refractivity contribution in [3.8, 4) is 0 Å². The highest BCUT2D eigenvalue weighted by Gasteiger charge is 1.94. The maximum atomic E-state index is 3.71. The fourth-order valence-corrected chi connectivity index (χ4v) is 4.22. The Bertz CT molecular complexity index is 262. The van der Waals surface area contributed by atoms with Gasteiger partial charge in [-0.3, -0.25) is 0 Å². The van der Waals surface area contributed by atoms with E-state index in [4.69, 9.17) is 0 Å². The molecule has 0 rings (SSSR count). The van der Waals surface area contributed by atoms with Crippen LogP contribution in [-0.2, 0) is 0 Å². The van der Waals surface area contributed by atoms with Gasteiger partial charge in [0.15, 0.2) is 0 Å². The van der Waals surface area contributed by atoms with Gasteiger partial charge in [-0.05, 0) is 12.8 Å². The van der Waals surface area contributed by atoms with Crippen LogP contribution in [0.3, 0.4) is 0 Å². The second kappa shape index (κ2) is 34.4. The Balaban J connectivity index is 0. The van der Waals surface area contributed by atoms with Crippen LogP contribution in [0.25, 0.3) is 0 Å². The monoisotopic (exact) mass is 437 g/mol. The molecular weight excluding hydrogens is 372 g/mol. The summed E-state index contributed by atoms with van der Waals surface area (Å²) in [5, 5.41) is 0. The minimum Gasteiger partial charge on any atom is -0.103 e. The van der Waals surface area contributed by atoms with Crippen molar-refractivity contribution in [1.82, 2.24) is 0 Å². The first-order valence-corrected chi connectivity index (χ1v) is 14.9. The zero-order valence-electron chi connectivity index (χ0n) is 22.7. The Morgan fingerprint density at radius 1 is 0.323 bits per heavy atom. The van der Waals surface area contributed by atoms with Crippen LogP contribution in [-0.4, -0.2) is 0 Å². The molecule has 0 aromatic rings. The maximum Gasteiger partial charge on any atom is -0.0353 e. The highest BCUT2D eigenvalue weighted by atomic mass is 14.0. The summed E-state index contributed by atoms with van der Waals surface area (Å²) in [4.78, 5) is 0. The van der Waals surface area contributed by atoms with Crippen LogP contribution in [0.1, 0.15) is 188 Å². The highest BCUT2D eigenvalue weighted by molar-refractivity contribution is 4.65. The molecule has 0 aliphatic carbocycles. The number of hydrogen-bond donors (Lipinski definition) is 0. The maximum absolute atomic E-state index is 3.71. The summed E-state index contributed by atoms with van der Waals surface area (Å²) < 4.78 is 0. The van der Waals surface area contributed by atoms with Gasteiger partial charge in [-0.2, -0.15) is 0 Å². The van der Waals surface area contributed by atoms with Crippen LogP contribution in [0.15, 0.2) is 12.7 Å². The molecule has 0 amide bonds. The average Bonchev–Trinajstić information content (AvgIpc) is 2.79. The summed E-state index contributed by atoms with van der Waals surface area (Å²) >= 11 is 0. The standard InChI is InChI=1S/C20H42.C11H22/c1-3-5-7-9-11-13-15-17-19-20-18-16-14-12-10-8-6-4-2;1-3-5-7-9-11-10-8-6-4-2/h3-20H2,1-2H3;3H,1,4-11H2,2H3. The first-order chi connectivity index (χ1) is 15.3. The van der Waals surface area contributed by atoms with Crippen LogP contribution in [0.2, 0.25) is 0 Å². The summed E-state index contributed by atoms with van der Waals surface area (Å²) in [6, 6.07) is 0. The van der Waals surface area contributed by atoms with E-state index >= 15 is 0 Å². The predicted molar refractivity (Wildman–Crippen MR) is 147 cm³/mol. The molecule has 0 aromatic heterocycles. The first kappa shape index (κ1) is 32.9. The third-order valence-corrected chi connectivity index (χ3v) is 6.47. The molecule has 0 unspecified atom stereocenters. The Morgan fingerprint density at radius 3 is 0.710 bits per heavy atom. The lowest BCUT2D eigenvalue weighted by atomic mass is 10.0. The smallest absolute Gasteiger partial charge is 0.0353 e. The third-order valence-electron chi connectivity index (χ3n) is 6.47. The average molecular weight is 437 g/mol. The second-order valence-corrected chi connectivity index (χ2v) is 9.86. The zero-order chi connectivity index (χ0) is 23.1. The lowest BCUT2D eigenvalue weighted by Gasteiger charge is -2.03. The molecule has 0 radical (unpaired) electrons. The van der Waals surface area contributed by atoms with Crippen LogP contribution < -0.4 is 0 Å². The Kier molecular flexibility index (Phi) is 36.5. The summed E-state index contributed by atoms with van der Waals surface area (Å²) in [6.07, 6.45) is 39.4. The number of hydrogen-bond acceptors (Lipinski definition) is 0. The van der Waals surface area contributed by atoms with Gasteiger partial charge in [0.25, 0.3) is 0 Å². The summed E-state index contributed by atoms with van der Waals surface area (Å²) in [7, 11) is 0. The van der Waals surface area contributed by atoms with Crippen LogP contribution in [0.5, 0.6) is 0 Å². The van der Waals surface area contributed by atoms with E-state index in [1.54, 1.807) is 0 Å². The molecule has 0 N–H and O–H groups in total. The SMILES string of the molecule is C=CCCCCCCCCC.CCCCCCCCCCCCCCCCCCCC. The van der Waals surface area contributed by atoms with Crippen molar-refractivity contribution in [2.45, 2.75) is 188 Å². The highest BCUT2D eigenvalue weighted by Crippen LogP contribution is 2.14. The van der Waals surface area contributed by atoms with Crippen molar-refractivity contribution >= 4 is 0 Å². The molecule has 188 valence electrons. The van der Waals surface area contributed by atoms with Crippen molar-refractivity contribution in [3.63, 3.8) is 0 Å². The number of rotatable bonds is 25. The van der Waals surface area contributed by atoms with E-state index < -0.39 is 0 Å². The normalized spacial score (nSPS) is 10.7. The fourth-order valence-electron chi connectivity index (χ4n) is 4.22. The largest absolute Gasteiger partial charge is 0.103 e. The summed E-state index contributed by atoms with van der Waals surface area (Å²) in [5.74, 6) is 0. The van der Waals surface area contributed by atoms with E-state index in [0.717, 1.165) is 0 Å². The molecule has 0 fully saturated rings. The van der Waals surface area contributed by atoms with Gasteiger partial charge in [-0.1, -0.05) is 181 Å². The van der Waals surface area contributed by atoms with Crippen molar-refractivity contribution in [1.29, 1.82) is 0 Å². The molecule has 0 aliphatic rings. The van der Waals surface area contributed by atoms with Gasteiger partial charge in [-0.15, -0.1) is 6.58 Å². The molecule has 0 heteroatoms. The molecule has 0 bridgehead atoms. The van der Waals surface area contributed by atoms with E-state index in [9.17, 15) is 0 Å². The number of unbranched alkanes of at least 4 members (excludes halogenated alkanes) is 24. The van der Waals surface area contributed by atoms with E-state index in [1.807, 2.05) is 6.08 Å². The van der Waals surface area contributed by atoms with Gasteiger partial charge in [0.05, 0.1) is 0 Å². The Hall–Kier alpha value is -0.260. The Morgan fingerprint density at radius 2 is 0.516 bits per heavy atom. The van der Waals surface area contributed by atoms with Gasteiger partial charge in [0, 0.05) is 0 Å². The summed E-state index contributed by atoms with van der Waals surface area (Å²) in [6.45, 7) is 10.6. The fraction of sp³-hybridized carbons (Fsp3) is 0.935. The van der Waals surface area contributed by atoms with E-state index in [-0.39, 0.29) is 0 Å². The first-order valence-electron chi connectivity index (χ1n) is 14.9. The topological polar surface area (TPSA) is 0 Å². The molecular formula is C31H64. The van der Waals surface area contributed by atoms with Crippen molar-refractivity contribution in [2.24, 2.45) is 0 Å². The quantitative estimate of drug-likeness (QED) is 0.0985.